The predicted octanol–water partition coefficient (Wildman–Crippen LogP) is 6.20. The average Bonchev–Trinajstić information content (AvgIpc) is 3.42. The molecule has 9 heteroatoms. The van der Waals surface area contributed by atoms with Crippen molar-refractivity contribution in [2.45, 2.75) is 12.7 Å². The quantitative estimate of drug-likeness (QED) is 0.384. The van der Waals surface area contributed by atoms with Crippen LogP contribution in [0, 0.1) is 0 Å². The van der Waals surface area contributed by atoms with Gasteiger partial charge in [0.25, 0.3) is 5.91 Å². The number of carbonyl (C=O) groups excluding carboxylic acids is 1. The Labute approximate surface area is 184 Å². The number of alkyl halides is 3. The van der Waals surface area contributed by atoms with Gasteiger partial charge in [-0.25, -0.2) is 4.68 Å². The molecule has 0 radical (unpaired) electrons. The maximum absolute atomic E-state index is 13.0. The molecule has 1 N–H and O–H groups in total. The first-order valence-electron chi connectivity index (χ1n) is 9.16. The van der Waals surface area contributed by atoms with Crippen LogP contribution in [0.1, 0.15) is 21.6 Å². The van der Waals surface area contributed by atoms with Crippen LogP contribution in [-0.2, 0) is 12.7 Å². The first kappa shape index (κ1) is 21.1. The first-order valence-corrected chi connectivity index (χ1v) is 10.4. The number of halogens is 4. The zero-order chi connectivity index (χ0) is 22.0. The molecule has 2 aromatic heterocycles. The standard InChI is InChI=1S/C22H15ClF3N3OS/c23-16-7-1-2-8-18(16)29-19(12-17(28-29)20-9-4-10-31-20)21(30)27-13-14-5-3-6-15(11-14)22(24,25)26/h1-12H,13H2,(H,27,30). The molecule has 4 rings (SSSR count). The Balaban J connectivity index is 1.64. The van der Waals surface area contributed by atoms with E-state index < -0.39 is 17.6 Å². The highest BCUT2D eigenvalue weighted by Gasteiger charge is 2.30. The molecule has 4 nitrogen and oxygen atoms in total. The molecule has 0 bridgehead atoms. The van der Waals surface area contributed by atoms with Gasteiger partial charge in [-0.05, 0) is 47.3 Å². The van der Waals surface area contributed by atoms with E-state index in [-0.39, 0.29) is 12.2 Å². The van der Waals surface area contributed by atoms with Crippen molar-refractivity contribution in [3.05, 3.63) is 94.0 Å². The lowest BCUT2D eigenvalue weighted by Crippen LogP contribution is -2.25. The van der Waals surface area contributed by atoms with Crippen molar-refractivity contribution in [3.8, 4) is 16.3 Å². The molecule has 0 fully saturated rings. The van der Waals surface area contributed by atoms with Crippen molar-refractivity contribution >= 4 is 28.8 Å². The van der Waals surface area contributed by atoms with Crippen LogP contribution in [0.5, 0.6) is 0 Å². The van der Waals surface area contributed by atoms with Gasteiger partial charge in [-0.15, -0.1) is 11.3 Å². The molecule has 0 saturated carbocycles. The second-order valence-corrected chi connectivity index (χ2v) is 7.99. The number of amides is 1. The Morgan fingerprint density at radius 1 is 1.06 bits per heavy atom. The second kappa shape index (κ2) is 8.56. The van der Waals surface area contributed by atoms with E-state index >= 15 is 0 Å². The molecule has 0 aliphatic heterocycles. The highest BCUT2D eigenvalue weighted by Crippen LogP contribution is 2.30. The van der Waals surface area contributed by atoms with Gasteiger partial charge >= 0.3 is 6.18 Å². The molecule has 1 amide bonds. The minimum atomic E-state index is -4.45. The van der Waals surface area contributed by atoms with E-state index in [0.29, 0.717) is 22.0 Å². The first-order chi connectivity index (χ1) is 14.8. The Kier molecular flexibility index (Phi) is 5.84. The van der Waals surface area contributed by atoms with E-state index in [1.54, 1.807) is 30.3 Å². The molecule has 31 heavy (non-hydrogen) atoms. The summed E-state index contributed by atoms with van der Waals surface area (Å²) in [5.74, 6) is -0.479. The zero-order valence-corrected chi connectivity index (χ0v) is 17.4. The van der Waals surface area contributed by atoms with Gasteiger partial charge in [0.05, 0.1) is 21.2 Å². The molecule has 0 saturated heterocycles. The SMILES string of the molecule is O=C(NCc1cccc(C(F)(F)F)c1)c1cc(-c2cccs2)nn1-c1ccccc1Cl. The highest BCUT2D eigenvalue weighted by atomic mass is 35.5. The van der Waals surface area contributed by atoms with Crippen LogP contribution in [0.25, 0.3) is 16.3 Å². The highest BCUT2D eigenvalue weighted by molar-refractivity contribution is 7.13. The fourth-order valence-corrected chi connectivity index (χ4v) is 3.92. The number of aromatic nitrogens is 2. The molecule has 0 aliphatic rings. The van der Waals surface area contributed by atoms with Crippen molar-refractivity contribution < 1.29 is 18.0 Å². The monoisotopic (exact) mass is 461 g/mol. The topological polar surface area (TPSA) is 46.9 Å². The lowest BCUT2D eigenvalue weighted by atomic mass is 10.1. The summed E-state index contributed by atoms with van der Waals surface area (Å²) in [5.41, 5.74) is 0.921. The van der Waals surface area contributed by atoms with Crippen LogP contribution in [0.15, 0.2) is 72.1 Å². The summed E-state index contributed by atoms with van der Waals surface area (Å²) in [7, 11) is 0. The van der Waals surface area contributed by atoms with Crippen LogP contribution in [0.4, 0.5) is 13.2 Å². The lowest BCUT2D eigenvalue weighted by molar-refractivity contribution is -0.137. The van der Waals surface area contributed by atoms with Gasteiger partial charge in [-0.1, -0.05) is 41.9 Å². The summed E-state index contributed by atoms with van der Waals surface area (Å²) in [4.78, 5) is 13.8. The van der Waals surface area contributed by atoms with Gasteiger partial charge in [0, 0.05) is 6.54 Å². The third kappa shape index (κ3) is 4.65. The number of carbonyl (C=O) groups is 1. The van der Waals surface area contributed by atoms with Crippen molar-refractivity contribution in [2.75, 3.05) is 0 Å². The molecule has 158 valence electrons. The summed E-state index contributed by atoms with van der Waals surface area (Å²) < 4.78 is 40.3. The van der Waals surface area contributed by atoms with Crippen LogP contribution in [0.2, 0.25) is 5.02 Å². The van der Waals surface area contributed by atoms with Gasteiger partial charge in [0.15, 0.2) is 0 Å². The molecule has 0 spiro atoms. The van der Waals surface area contributed by atoms with E-state index in [1.165, 1.54) is 28.2 Å². The van der Waals surface area contributed by atoms with Gasteiger partial charge < -0.3 is 5.32 Å². The third-order valence-electron chi connectivity index (χ3n) is 4.50. The summed E-state index contributed by atoms with van der Waals surface area (Å²) in [6.45, 7) is -0.0647. The predicted molar refractivity (Wildman–Crippen MR) is 115 cm³/mol. The molecular weight excluding hydrogens is 447 g/mol. The van der Waals surface area contributed by atoms with Crippen molar-refractivity contribution in [1.82, 2.24) is 15.1 Å². The Hall–Kier alpha value is -3.10. The number of thiophene rings is 1. The summed E-state index contributed by atoms with van der Waals surface area (Å²) in [6.07, 6.45) is -4.45. The van der Waals surface area contributed by atoms with Gasteiger partial charge in [-0.2, -0.15) is 18.3 Å². The molecule has 0 aliphatic carbocycles. The fraction of sp³-hybridized carbons (Fsp3) is 0.0909. The number of nitrogens with one attached hydrogen (secondary N) is 1. The average molecular weight is 462 g/mol. The van der Waals surface area contributed by atoms with Gasteiger partial charge in [-0.3, -0.25) is 4.79 Å². The Bertz CT molecular complexity index is 1220. The minimum absolute atomic E-state index is 0.0647. The van der Waals surface area contributed by atoms with Crippen molar-refractivity contribution in [1.29, 1.82) is 0 Å². The summed E-state index contributed by atoms with van der Waals surface area (Å²) >= 11 is 7.78. The molecular formula is C22H15ClF3N3OS. The van der Waals surface area contributed by atoms with E-state index in [2.05, 4.69) is 10.4 Å². The van der Waals surface area contributed by atoms with Crippen molar-refractivity contribution in [2.24, 2.45) is 0 Å². The molecule has 4 aromatic rings. The van der Waals surface area contributed by atoms with Crippen LogP contribution < -0.4 is 5.32 Å². The van der Waals surface area contributed by atoms with Crippen LogP contribution in [0.3, 0.4) is 0 Å². The van der Waals surface area contributed by atoms with Crippen LogP contribution in [-0.4, -0.2) is 15.7 Å². The smallest absolute Gasteiger partial charge is 0.347 e. The van der Waals surface area contributed by atoms with Crippen LogP contribution >= 0.6 is 22.9 Å². The normalized spacial score (nSPS) is 11.5. The molecule has 0 unspecified atom stereocenters. The summed E-state index contributed by atoms with van der Waals surface area (Å²) in [5, 5.41) is 9.53. The van der Waals surface area contributed by atoms with E-state index in [0.717, 1.165) is 17.0 Å². The maximum Gasteiger partial charge on any atom is 0.416 e. The Morgan fingerprint density at radius 2 is 1.87 bits per heavy atom. The second-order valence-electron chi connectivity index (χ2n) is 6.64. The number of hydrogen-bond acceptors (Lipinski definition) is 3. The third-order valence-corrected chi connectivity index (χ3v) is 5.72. The number of hydrogen-bond donors (Lipinski definition) is 1. The van der Waals surface area contributed by atoms with Gasteiger partial charge in [0.2, 0.25) is 0 Å². The summed E-state index contributed by atoms with van der Waals surface area (Å²) in [6, 6.07) is 17.2. The number of benzene rings is 2. The lowest BCUT2D eigenvalue weighted by Gasteiger charge is -2.11. The maximum atomic E-state index is 13.0. The minimum Gasteiger partial charge on any atom is -0.347 e. The van der Waals surface area contributed by atoms with Crippen molar-refractivity contribution in [3.63, 3.8) is 0 Å². The molecule has 2 heterocycles. The number of nitrogens with zero attached hydrogens (tertiary/aromatic N) is 2. The van der Waals surface area contributed by atoms with E-state index in [4.69, 9.17) is 11.6 Å². The van der Waals surface area contributed by atoms with E-state index in [1.807, 2.05) is 17.5 Å². The molecule has 0 atom stereocenters. The Morgan fingerprint density at radius 3 is 2.58 bits per heavy atom. The van der Waals surface area contributed by atoms with Gasteiger partial charge in [0.1, 0.15) is 11.4 Å². The number of para-hydroxylation sites is 1. The largest absolute Gasteiger partial charge is 0.416 e. The van der Waals surface area contributed by atoms with E-state index in [9.17, 15) is 18.0 Å². The zero-order valence-electron chi connectivity index (χ0n) is 15.9. The fourth-order valence-electron chi connectivity index (χ4n) is 3.03. The molecule has 2 aromatic carbocycles. The number of rotatable bonds is 5.